The summed E-state index contributed by atoms with van der Waals surface area (Å²) in [5.74, 6) is 0.671. The van der Waals surface area contributed by atoms with Crippen LogP contribution < -0.4 is 5.32 Å². The Morgan fingerprint density at radius 3 is 2.55 bits per heavy atom. The number of nitrogens with zero attached hydrogens (tertiary/aromatic N) is 3. The smallest absolute Gasteiger partial charge is 0.223 e. The zero-order valence-corrected chi connectivity index (χ0v) is 19.9. The van der Waals surface area contributed by atoms with Crippen LogP contribution in [0.15, 0.2) is 60.9 Å². The van der Waals surface area contributed by atoms with Crippen molar-refractivity contribution in [1.82, 2.24) is 19.2 Å². The van der Waals surface area contributed by atoms with Crippen LogP contribution >= 0.6 is 0 Å². The Labute approximate surface area is 195 Å². The topological polar surface area (TPSA) is 84.3 Å². The molecule has 7 nitrogen and oxygen atoms in total. The van der Waals surface area contributed by atoms with Gasteiger partial charge in [-0.05, 0) is 43.9 Å². The number of sulfonamides is 1. The zero-order chi connectivity index (χ0) is 23.4. The van der Waals surface area contributed by atoms with E-state index >= 15 is 0 Å². The predicted octanol–water partition coefficient (Wildman–Crippen LogP) is 3.35. The van der Waals surface area contributed by atoms with Crippen LogP contribution in [0, 0.1) is 19.8 Å². The normalized spacial score (nSPS) is 15.5. The number of carbonyl (C=O) groups is 1. The summed E-state index contributed by atoms with van der Waals surface area (Å²) in [4.78, 5) is 17.1. The molecule has 0 radical (unpaired) electrons. The van der Waals surface area contributed by atoms with Gasteiger partial charge in [0.1, 0.15) is 5.82 Å². The summed E-state index contributed by atoms with van der Waals surface area (Å²) in [6.07, 6.45) is 4.72. The van der Waals surface area contributed by atoms with Crippen molar-refractivity contribution in [3.63, 3.8) is 0 Å². The van der Waals surface area contributed by atoms with E-state index in [4.69, 9.17) is 0 Å². The van der Waals surface area contributed by atoms with Crippen molar-refractivity contribution in [2.75, 3.05) is 13.1 Å². The van der Waals surface area contributed by atoms with Crippen LogP contribution in [0.25, 0.3) is 5.69 Å². The van der Waals surface area contributed by atoms with Crippen molar-refractivity contribution in [2.45, 2.75) is 39.0 Å². The van der Waals surface area contributed by atoms with Gasteiger partial charge in [0.05, 0.1) is 11.4 Å². The molecule has 174 valence electrons. The summed E-state index contributed by atoms with van der Waals surface area (Å²) >= 11 is 0. The average Bonchev–Trinajstić information content (AvgIpc) is 3.23. The highest BCUT2D eigenvalue weighted by Crippen LogP contribution is 2.23. The molecule has 0 saturated carbocycles. The molecule has 33 heavy (non-hydrogen) atoms. The maximum Gasteiger partial charge on any atom is 0.223 e. The molecule has 0 bridgehead atoms. The second-order valence-electron chi connectivity index (χ2n) is 8.61. The quantitative estimate of drug-likeness (QED) is 0.579. The summed E-state index contributed by atoms with van der Waals surface area (Å²) in [6.45, 7) is 5.05. The van der Waals surface area contributed by atoms with Gasteiger partial charge in [-0.2, -0.15) is 0 Å². The number of hydrogen-bond acceptors (Lipinski definition) is 4. The number of nitrogens with one attached hydrogen (secondary N) is 1. The Bertz CT molecular complexity index is 1230. The fourth-order valence-electron chi connectivity index (χ4n) is 4.35. The lowest BCUT2D eigenvalue weighted by atomic mass is 9.97. The number of benzene rings is 2. The molecule has 1 saturated heterocycles. The van der Waals surface area contributed by atoms with Crippen molar-refractivity contribution in [3.8, 4) is 5.69 Å². The van der Waals surface area contributed by atoms with Crippen LogP contribution in [0.4, 0.5) is 0 Å². The number of aromatic nitrogens is 2. The first-order valence-corrected chi connectivity index (χ1v) is 12.8. The Kier molecular flexibility index (Phi) is 6.95. The molecule has 4 rings (SSSR count). The van der Waals surface area contributed by atoms with Gasteiger partial charge in [-0.25, -0.2) is 17.7 Å². The molecule has 0 unspecified atom stereocenters. The molecule has 2 heterocycles. The Balaban J connectivity index is 1.33. The minimum atomic E-state index is -3.40. The van der Waals surface area contributed by atoms with E-state index in [-0.39, 0.29) is 17.6 Å². The minimum absolute atomic E-state index is 0.00397. The van der Waals surface area contributed by atoms with E-state index in [1.807, 2.05) is 73.1 Å². The van der Waals surface area contributed by atoms with E-state index < -0.39 is 10.0 Å². The second-order valence-corrected chi connectivity index (χ2v) is 10.6. The lowest BCUT2D eigenvalue weighted by Gasteiger charge is -2.30. The van der Waals surface area contributed by atoms with Gasteiger partial charge in [0.2, 0.25) is 15.9 Å². The van der Waals surface area contributed by atoms with E-state index in [0.29, 0.717) is 32.5 Å². The molecule has 1 amide bonds. The van der Waals surface area contributed by atoms with Gasteiger partial charge in [0.25, 0.3) is 0 Å². The summed E-state index contributed by atoms with van der Waals surface area (Å²) in [5, 5.41) is 3.05. The summed E-state index contributed by atoms with van der Waals surface area (Å²) < 4.78 is 29.2. The first kappa shape index (κ1) is 23.2. The monoisotopic (exact) mass is 466 g/mol. The number of piperidine rings is 1. The third-order valence-electron chi connectivity index (χ3n) is 6.18. The molecule has 1 N–H and O–H groups in total. The molecule has 2 aromatic carbocycles. The Morgan fingerprint density at radius 2 is 1.85 bits per heavy atom. The van der Waals surface area contributed by atoms with Gasteiger partial charge in [-0.3, -0.25) is 4.79 Å². The van der Waals surface area contributed by atoms with Crippen molar-refractivity contribution in [3.05, 3.63) is 83.4 Å². The minimum Gasteiger partial charge on any atom is -0.352 e. The molecule has 3 aromatic rings. The van der Waals surface area contributed by atoms with Gasteiger partial charge in [0, 0.05) is 37.9 Å². The first-order valence-electron chi connectivity index (χ1n) is 11.2. The van der Waals surface area contributed by atoms with Gasteiger partial charge < -0.3 is 9.88 Å². The van der Waals surface area contributed by atoms with Crippen molar-refractivity contribution >= 4 is 15.9 Å². The lowest BCUT2D eigenvalue weighted by molar-refractivity contribution is -0.126. The summed E-state index contributed by atoms with van der Waals surface area (Å²) in [5.41, 5.74) is 3.83. The van der Waals surface area contributed by atoms with Crippen LogP contribution in [0.5, 0.6) is 0 Å². The number of para-hydroxylation sites is 1. The molecular weight excluding hydrogens is 436 g/mol. The Morgan fingerprint density at radius 1 is 1.09 bits per heavy atom. The standard InChI is InChI=1S/C25H30N4O3S/c1-19-6-5-7-21(16-19)18-33(31,32)28-13-10-22(11-14-28)25(30)27-17-23-8-3-4-9-24(23)29-15-12-26-20(29)2/h3-9,12,15-16,22H,10-11,13-14,17-18H2,1-2H3,(H,27,30). The maximum atomic E-state index is 12.8. The van der Waals surface area contributed by atoms with Gasteiger partial charge in [-0.1, -0.05) is 48.0 Å². The molecule has 0 atom stereocenters. The van der Waals surface area contributed by atoms with E-state index in [1.165, 1.54) is 4.31 Å². The molecular formula is C25H30N4O3S. The lowest BCUT2D eigenvalue weighted by Crippen LogP contribution is -2.43. The SMILES string of the molecule is Cc1cccc(CS(=O)(=O)N2CCC(C(=O)NCc3ccccc3-n3ccnc3C)CC2)c1. The highest BCUT2D eigenvalue weighted by Gasteiger charge is 2.31. The van der Waals surface area contributed by atoms with Crippen LogP contribution in [0.2, 0.25) is 0 Å². The molecule has 8 heteroatoms. The summed E-state index contributed by atoms with van der Waals surface area (Å²) in [7, 11) is -3.40. The van der Waals surface area contributed by atoms with Crippen molar-refractivity contribution < 1.29 is 13.2 Å². The molecule has 1 fully saturated rings. The van der Waals surface area contributed by atoms with Gasteiger partial charge >= 0.3 is 0 Å². The van der Waals surface area contributed by atoms with E-state index in [2.05, 4.69) is 10.3 Å². The predicted molar refractivity (Wildman–Crippen MR) is 128 cm³/mol. The summed E-state index contributed by atoms with van der Waals surface area (Å²) in [6, 6.07) is 15.5. The molecule has 1 aliphatic heterocycles. The van der Waals surface area contributed by atoms with Crippen molar-refractivity contribution in [2.24, 2.45) is 5.92 Å². The highest BCUT2D eigenvalue weighted by atomic mass is 32.2. The van der Waals surface area contributed by atoms with E-state index in [0.717, 1.165) is 28.2 Å². The maximum absolute atomic E-state index is 12.8. The van der Waals surface area contributed by atoms with Crippen molar-refractivity contribution in [1.29, 1.82) is 0 Å². The van der Waals surface area contributed by atoms with E-state index in [9.17, 15) is 13.2 Å². The fraction of sp³-hybridized carbons (Fsp3) is 0.360. The number of hydrogen-bond donors (Lipinski definition) is 1. The van der Waals surface area contributed by atoms with Crippen LogP contribution in [0.1, 0.15) is 35.4 Å². The molecule has 0 spiro atoms. The number of amides is 1. The largest absolute Gasteiger partial charge is 0.352 e. The van der Waals surface area contributed by atoms with Gasteiger partial charge in [0.15, 0.2) is 0 Å². The molecule has 1 aromatic heterocycles. The number of rotatable bonds is 7. The average molecular weight is 467 g/mol. The Hall–Kier alpha value is -2.97. The highest BCUT2D eigenvalue weighted by molar-refractivity contribution is 7.88. The zero-order valence-electron chi connectivity index (χ0n) is 19.1. The third-order valence-corrected chi connectivity index (χ3v) is 8.03. The molecule has 1 aliphatic rings. The van der Waals surface area contributed by atoms with Crippen LogP contribution in [-0.2, 0) is 27.1 Å². The molecule has 0 aliphatic carbocycles. The number of imidazole rings is 1. The first-order chi connectivity index (χ1) is 15.8. The third kappa shape index (κ3) is 5.51. The number of carbonyl (C=O) groups excluding carboxylic acids is 1. The fourth-order valence-corrected chi connectivity index (χ4v) is 5.91. The van der Waals surface area contributed by atoms with Crippen LogP contribution in [0.3, 0.4) is 0 Å². The van der Waals surface area contributed by atoms with Crippen LogP contribution in [-0.4, -0.2) is 41.3 Å². The van der Waals surface area contributed by atoms with Gasteiger partial charge in [-0.15, -0.1) is 0 Å². The van der Waals surface area contributed by atoms with E-state index in [1.54, 1.807) is 6.20 Å². The number of aryl methyl sites for hydroxylation is 2. The second kappa shape index (κ2) is 9.89.